The number of hydrogen-bond donors (Lipinski definition) is 0. The summed E-state index contributed by atoms with van der Waals surface area (Å²) in [6.45, 7) is 1.16. The van der Waals surface area contributed by atoms with Crippen molar-refractivity contribution in [2.75, 3.05) is 27.8 Å². The summed E-state index contributed by atoms with van der Waals surface area (Å²) in [5.41, 5.74) is 3.02. The fraction of sp³-hybridized carbons (Fsp3) is 0.478. The number of benzene rings is 2. The van der Waals surface area contributed by atoms with Gasteiger partial charge in [0.2, 0.25) is 0 Å². The second kappa shape index (κ2) is 6.96. The molecule has 138 valence electrons. The van der Waals surface area contributed by atoms with Crippen LogP contribution in [0.25, 0.3) is 0 Å². The minimum Gasteiger partial charge on any atom is -0.493 e. The van der Waals surface area contributed by atoms with Crippen molar-refractivity contribution in [3.8, 4) is 11.5 Å². The molecule has 1 aliphatic carbocycles. The summed E-state index contributed by atoms with van der Waals surface area (Å²) < 4.78 is 11.1. The molecule has 3 atom stereocenters. The van der Waals surface area contributed by atoms with Gasteiger partial charge >= 0.3 is 0 Å². The van der Waals surface area contributed by atoms with Crippen molar-refractivity contribution in [2.45, 2.75) is 43.1 Å². The van der Waals surface area contributed by atoms with Gasteiger partial charge in [0.25, 0.3) is 0 Å². The minimum atomic E-state index is 0.147. The molecule has 0 radical (unpaired) electrons. The molecule has 0 N–H and O–H groups in total. The highest BCUT2D eigenvalue weighted by atomic mass is 16.5. The molecule has 2 aliphatic rings. The molecule has 1 heterocycles. The lowest BCUT2D eigenvalue weighted by Crippen LogP contribution is -2.48. The number of rotatable bonds is 4. The lowest BCUT2D eigenvalue weighted by Gasteiger charge is -2.48. The van der Waals surface area contributed by atoms with Crippen LogP contribution in [0.3, 0.4) is 0 Å². The van der Waals surface area contributed by atoms with Crippen molar-refractivity contribution in [2.24, 2.45) is 0 Å². The number of methoxy groups -OCH3 is 2. The normalized spacial score (nSPS) is 28.6. The van der Waals surface area contributed by atoms with Crippen LogP contribution in [-0.2, 0) is 5.41 Å². The molecule has 1 saturated carbocycles. The molecular weight excluding hydrogens is 322 g/mol. The van der Waals surface area contributed by atoms with Crippen molar-refractivity contribution < 1.29 is 9.47 Å². The largest absolute Gasteiger partial charge is 0.493 e. The summed E-state index contributed by atoms with van der Waals surface area (Å²) in [4.78, 5) is 2.58. The van der Waals surface area contributed by atoms with E-state index in [-0.39, 0.29) is 5.41 Å². The van der Waals surface area contributed by atoms with Gasteiger partial charge in [-0.2, -0.15) is 0 Å². The van der Waals surface area contributed by atoms with Crippen LogP contribution in [0.5, 0.6) is 11.5 Å². The van der Waals surface area contributed by atoms with Crippen LogP contribution in [0, 0.1) is 0 Å². The third-order valence-electron chi connectivity index (χ3n) is 6.72. The monoisotopic (exact) mass is 351 g/mol. The molecule has 26 heavy (non-hydrogen) atoms. The van der Waals surface area contributed by atoms with Gasteiger partial charge in [0.15, 0.2) is 11.5 Å². The molecule has 0 amide bonds. The first-order valence-electron chi connectivity index (χ1n) is 9.68. The standard InChI is InChI=1S/C23H29NO2/c1-24-15-14-23(18-12-13-20(25-2)21(16-18)26-3)19(10-7-11-22(23)24)17-8-5-4-6-9-17/h4-6,8-9,12-13,16,19,22H,7,10-11,14-15H2,1-3H3/t19?,22?,23-/m0/s1. The average molecular weight is 351 g/mol. The van der Waals surface area contributed by atoms with E-state index in [2.05, 4.69) is 60.5 Å². The third kappa shape index (κ3) is 2.61. The van der Waals surface area contributed by atoms with Gasteiger partial charge in [0, 0.05) is 11.5 Å². The van der Waals surface area contributed by atoms with E-state index in [4.69, 9.17) is 9.47 Å². The van der Waals surface area contributed by atoms with Crippen LogP contribution in [0.15, 0.2) is 48.5 Å². The van der Waals surface area contributed by atoms with Gasteiger partial charge in [-0.05, 0) is 62.0 Å². The van der Waals surface area contributed by atoms with Crippen LogP contribution in [-0.4, -0.2) is 38.8 Å². The Hall–Kier alpha value is -2.00. The fourth-order valence-electron chi connectivity index (χ4n) is 5.55. The second-order valence-corrected chi connectivity index (χ2v) is 7.75. The molecule has 1 aliphatic heterocycles. The Balaban J connectivity index is 1.87. The van der Waals surface area contributed by atoms with Crippen molar-refractivity contribution in [3.63, 3.8) is 0 Å². The zero-order chi connectivity index (χ0) is 18.1. The topological polar surface area (TPSA) is 21.7 Å². The van der Waals surface area contributed by atoms with E-state index in [0.717, 1.165) is 18.0 Å². The summed E-state index contributed by atoms with van der Waals surface area (Å²) in [5.74, 6) is 2.19. The zero-order valence-corrected chi connectivity index (χ0v) is 16.1. The smallest absolute Gasteiger partial charge is 0.161 e. The minimum absolute atomic E-state index is 0.147. The summed E-state index contributed by atoms with van der Waals surface area (Å²) in [7, 11) is 5.73. The molecule has 4 rings (SSSR count). The van der Waals surface area contributed by atoms with Gasteiger partial charge in [0.05, 0.1) is 14.2 Å². The molecule has 2 unspecified atom stereocenters. The summed E-state index contributed by atoms with van der Waals surface area (Å²) in [6, 6.07) is 18.3. The number of fused-ring (bicyclic) bond motifs is 1. The lowest BCUT2D eigenvalue weighted by molar-refractivity contribution is 0.157. The highest BCUT2D eigenvalue weighted by Crippen LogP contribution is 2.56. The van der Waals surface area contributed by atoms with Crippen LogP contribution in [0.4, 0.5) is 0 Å². The third-order valence-corrected chi connectivity index (χ3v) is 6.72. The highest BCUT2D eigenvalue weighted by Gasteiger charge is 2.54. The van der Waals surface area contributed by atoms with E-state index < -0.39 is 0 Å². The first-order valence-corrected chi connectivity index (χ1v) is 9.68. The first kappa shape index (κ1) is 17.4. The maximum Gasteiger partial charge on any atom is 0.161 e. The van der Waals surface area contributed by atoms with Gasteiger partial charge in [0.1, 0.15) is 0 Å². The number of ether oxygens (including phenoxy) is 2. The molecule has 3 nitrogen and oxygen atoms in total. The molecule has 3 heteroatoms. The lowest BCUT2D eigenvalue weighted by atomic mass is 9.58. The summed E-state index contributed by atoms with van der Waals surface area (Å²) in [6.07, 6.45) is 5.02. The molecule has 2 aromatic carbocycles. The Morgan fingerprint density at radius 2 is 1.73 bits per heavy atom. The molecule has 0 aromatic heterocycles. The molecule has 2 fully saturated rings. The van der Waals surface area contributed by atoms with Crippen molar-refractivity contribution in [1.29, 1.82) is 0 Å². The number of hydrogen-bond acceptors (Lipinski definition) is 3. The number of likely N-dealkylation sites (tertiary alicyclic amines) is 1. The van der Waals surface area contributed by atoms with Crippen LogP contribution in [0.1, 0.15) is 42.7 Å². The second-order valence-electron chi connectivity index (χ2n) is 7.75. The highest BCUT2D eigenvalue weighted by molar-refractivity contribution is 5.48. The van der Waals surface area contributed by atoms with Crippen molar-refractivity contribution in [1.82, 2.24) is 4.90 Å². The van der Waals surface area contributed by atoms with E-state index >= 15 is 0 Å². The van der Waals surface area contributed by atoms with Gasteiger partial charge in [-0.25, -0.2) is 0 Å². The van der Waals surface area contributed by atoms with Gasteiger partial charge in [-0.15, -0.1) is 0 Å². The van der Waals surface area contributed by atoms with Crippen molar-refractivity contribution >= 4 is 0 Å². The summed E-state index contributed by atoms with van der Waals surface area (Å²) >= 11 is 0. The van der Waals surface area contributed by atoms with Crippen LogP contribution >= 0.6 is 0 Å². The van der Waals surface area contributed by atoms with E-state index in [0.29, 0.717) is 12.0 Å². The molecular formula is C23H29NO2. The summed E-state index contributed by atoms with van der Waals surface area (Å²) in [5, 5.41) is 0. The fourth-order valence-corrected chi connectivity index (χ4v) is 5.55. The van der Waals surface area contributed by atoms with Crippen molar-refractivity contribution in [3.05, 3.63) is 59.7 Å². The Morgan fingerprint density at radius 1 is 0.962 bits per heavy atom. The van der Waals surface area contributed by atoms with Gasteiger partial charge < -0.3 is 14.4 Å². The van der Waals surface area contributed by atoms with Gasteiger partial charge in [-0.1, -0.05) is 42.8 Å². The number of nitrogens with zero attached hydrogens (tertiary/aromatic N) is 1. The van der Waals surface area contributed by atoms with Gasteiger partial charge in [-0.3, -0.25) is 0 Å². The Bertz CT molecular complexity index is 760. The van der Waals surface area contributed by atoms with E-state index in [1.165, 1.54) is 36.8 Å². The molecule has 1 saturated heterocycles. The first-order chi connectivity index (χ1) is 12.7. The molecule has 0 bridgehead atoms. The van der Waals surface area contributed by atoms with Crippen LogP contribution in [0.2, 0.25) is 0 Å². The maximum atomic E-state index is 5.64. The SMILES string of the molecule is COc1ccc([C@]23CCN(C)C2CCCC3c2ccccc2)cc1OC. The predicted octanol–water partition coefficient (Wildman–Crippen LogP) is 4.61. The molecule has 0 spiro atoms. The quantitative estimate of drug-likeness (QED) is 0.803. The van der Waals surface area contributed by atoms with E-state index in [9.17, 15) is 0 Å². The van der Waals surface area contributed by atoms with Crippen LogP contribution < -0.4 is 9.47 Å². The zero-order valence-electron chi connectivity index (χ0n) is 16.1. The maximum absolute atomic E-state index is 5.64. The number of likely N-dealkylation sites (N-methyl/N-ethyl adjacent to an activating group) is 1. The Morgan fingerprint density at radius 3 is 2.46 bits per heavy atom. The Kier molecular flexibility index (Phi) is 4.66. The molecule has 2 aromatic rings. The van der Waals surface area contributed by atoms with E-state index in [1.54, 1.807) is 14.2 Å². The van der Waals surface area contributed by atoms with E-state index in [1.807, 2.05) is 0 Å². The predicted molar refractivity (Wildman–Crippen MR) is 105 cm³/mol. The Labute approximate surface area is 156 Å². The average Bonchev–Trinajstić information content (AvgIpc) is 3.06.